The van der Waals surface area contributed by atoms with E-state index in [9.17, 15) is 4.79 Å². The average molecular weight is 288 g/mol. The molecule has 0 aliphatic carbocycles. The van der Waals surface area contributed by atoms with Crippen molar-refractivity contribution < 1.29 is 4.79 Å². The number of fused-ring (bicyclic) bond motifs is 1. The predicted molar refractivity (Wildman–Crippen MR) is 93.6 cm³/mol. The minimum absolute atomic E-state index is 0.120. The molecule has 1 heteroatoms. The summed E-state index contributed by atoms with van der Waals surface area (Å²) in [6.07, 6.45) is 0. The summed E-state index contributed by atoms with van der Waals surface area (Å²) in [5, 5.41) is 2.38. The van der Waals surface area contributed by atoms with Crippen LogP contribution in [0.3, 0.4) is 0 Å². The van der Waals surface area contributed by atoms with Gasteiger partial charge in [-0.2, -0.15) is 0 Å². The van der Waals surface area contributed by atoms with Crippen LogP contribution < -0.4 is 0 Å². The highest BCUT2D eigenvalue weighted by atomic mass is 16.1. The molecule has 0 radical (unpaired) electrons. The Kier molecular flexibility index (Phi) is 3.58. The Bertz CT molecular complexity index is 871. The summed E-state index contributed by atoms with van der Waals surface area (Å²) in [4.78, 5) is 12.0. The number of benzene rings is 3. The van der Waals surface area contributed by atoms with Crippen LogP contribution in [0.2, 0.25) is 0 Å². The van der Waals surface area contributed by atoms with Crippen molar-refractivity contribution in [1.82, 2.24) is 0 Å². The molecule has 110 valence electrons. The van der Waals surface area contributed by atoms with E-state index in [0.29, 0.717) is 0 Å². The van der Waals surface area contributed by atoms with Gasteiger partial charge in [0, 0.05) is 5.56 Å². The molecule has 0 heterocycles. The standard InChI is InChI=1S/C21H20O/c1-13-5-8-17(9-6-13)21-12-19(16(4)22)15(3)20-11-14(2)7-10-18(20)21/h5-12H,1-4H3. The molecule has 0 unspecified atom stereocenters. The zero-order valence-electron chi connectivity index (χ0n) is 13.5. The molecular weight excluding hydrogens is 268 g/mol. The first kappa shape index (κ1) is 14.5. The van der Waals surface area contributed by atoms with Gasteiger partial charge in [0.2, 0.25) is 0 Å². The smallest absolute Gasteiger partial charge is 0.160 e. The summed E-state index contributed by atoms with van der Waals surface area (Å²) >= 11 is 0. The van der Waals surface area contributed by atoms with Gasteiger partial charge in [-0.3, -0.25) is 4.79 Å². The van der Waals surface area contributed by atoms with E-state index in [1.54, 1.807) is 6.92 Å². The summed E-state index contributed by atoms with van der Waals surface area (Å²) in [6.45, 7) is 7.85. The van der Waals surface area contributed by atoms with Crippen molar-refractivity contribution in [3.05, 3.63) is 70.8 Å². The van der Waals surface area contributed by atoms with Crippen LogP contribution in [0.4, 0.5) is 0 Å². The summed E-state index contributed by atoms with van der Waals surface area (Å²) in [5.74, 6) is 0.120. The lowest BCUT2D eigenvalue weighted by Crippen LogP contribution is -1.99. The van der Waals surface area contributed by atoms with Crippen molar-refractivity contribution in [2.24, 2.45) is 0 Å². The summed E-state index contributed by atoms with van der Waals surface area (Å²) in [6, 6.07) is 17.0. The maximum absolute atomic E-state index is 12.0. The van der Waals surface area contributed by atoms with E-state index < -0.39 is 0 Å². The first-order valence-electron chi connectivity index (χ1n) is 7.59. The van der Waals surface area contributed by atoms with Gasteiger partial charge in [-0.15, -0.1) is 0 Å². The third-order valence-electron chi connectivity index (χ3n) is 4.30. The molecule has 0 N–H and O–H groups in total. The fourth-order valence-corrected chi connectivity index (χ4v) is 3.02. The van der Waals surface area contributed by atoms with E-state index in [4.69, 9.17) is 0 Å². The molecule has 0 fully saturated rings. The first-order valence-corrected chi connectivity index (χ1v) is 7.59. The van der Waals surface area contributed by atoms with Crippen molar-refractivity contribution in [1.29, 1.82) is 0 Å². The number of carbonyl (C=O) groups excluding carboxylic acids is 1. The van der Waals surface area contributed by atoms with Crippen molar-refractivity contribution in [3.8, 4) is 11.1 Å². The van der Waals surface area contributed by atoms with E-state index in [-0.39, 0.29) is 5.78 Å². The largest absolute Gasteiger partial charge is 0.295 e. The molecule has 0 saturated heterocycles. The fraction of sp³-hybridized carbons (Fsp3) is 0.190. The second-order valence-electron chi connectivity index (χ2n) is 6.07. The van der Waals surface area contributed by atoms with Crippen LogP contribution in [0.1, 0.15) is 34.0 Å². The van der Waals surface area contributed by atoms with E-state index in [0.717, 1.165) is 22.3 Å². The molecule has 0 amide bonds. The molecule has 0 saturated carbocycles. The third-order valence-corrected chi connectivity index (χ3v) is 4.30. The number of hydrogen-bond donors (Lipinski definition) is 0. The number of aryl methyl sites for hydroxylation is 3. The van der Waals surface area contributed by atoms with Crippen LogP contribution >= 0.6 is 0 Å². The Morgan fingerprint density at radius 2 is 1.41 bits per heavy atom. The molecule has 0 aromatic heterocycles. The average Bonchev–Trinajstić information content (AvgIpc) is 2.49. The molecule has 0 atom stereocenters. The Hall–Kier alpha value is -2.41. The number of hydrogen-bond acceptors (Lipinski definition) is 1. The second kappa shape index (κ2) is 5.42. The van der Waals surface area contributed by atoms with Gasteiger partial charge in [0.15, 0.2) is 5.78 Å². The first-order chi connectivity index (χ1) is 10.5. The zero-order valence-corrected chi connectivity index (χ0v) is 13.5. The van der Waals surface area contributed by atoms with Gasteiger partial charge in [0.25, 0.3) is 0 Å². The van der Waals surface area contributed by atoms with Crippen LogP contribution in [0.25, 0.3) is 21.9 Å². The maximum atomic E-state index is 12.0. The van der Waals surface area contributed by atoms with Gasteiger partial charge in [0.05, 0.1) is 0 Å². The lowest BCUT2D eigenvalue weighted by Gasteiger charge is -2.14. The highest BCUT2D eigenvalue weighted by Crippen LogP contribution is 2.34. The topological polar surface area (TPSA) is 17.1 Å². The predicted octanol–water partition coefficient (Wildman–Crippen LogP) is 5.63. The summed E-state index contributed by atoms with van der Waals surface area (Å²) in [5.41, 5.74) is 6.62. The minimum atomic E-state index is 0.120. The van der Waals surface area contributed by atoms with Gasteiger partial charge >= 0.3 is 0 Å². The van der Waals surface area contributed by atoms with Crippen LogP contribution in [0.15, 0.2) is 48.5 Å². The Balaban J connectivity index is 2.40. The molecule has 0 bridgehead atoms. The highest BCUT2D eigenvalue weighted by Gasteiger charge is 2.13. The highest BCUT2D eigenvalue weighted by molar-refractivity contribution is 6.07. The van der Waals surface area contributed by atoms with E-state index in [2.05, 4.69) is 56.3 Å². The van der Waals surface area contributed by atoms with Gasteiger partial charge in [-0.25, -0.2) is 0 Å². The molecule has 3 rings (SSSR count). The number of ketones is 1. The lowest BCUT2D eigenvalue weighted by atomic mass is 9.89. The minimum Gasteiger partial charge on any atom is -0.295 e. The van der Waals surface area contributed by atoms with Crippen molar-refractivity contribution in [2.75, 3.05) is 0 Å². The second-order valence-corrected chi connectivity index (χ2v) is 6.07. The molecule has 1 nitrogen and oxygen atoms in total. The monoisotopic (exact) mass is 288 g/mol. The SMILES string of the molecule is CC(=O)c1cc(-c2ccc(C)cc2)c2ccc(C)cc2c1C. The Morgan fingerprint density at radius 3 is 2.05 bits per heavy atom. The van der Waals surface area contributed by atoms with Crippen LogP contribution in [0, 0.1) is 20.8 Å². The molecule has 0 spiro atoms. The fourth-order valence-electron chi connectivity index (χ4n) is 3.02. The summed E-state index contributed by atoms with van der Waals surface area (Å²) < 4.78 is 0. The molecular formula is C21H20O. The Morgan fingerprint density at radius 1 is 0.773 bits per heavy atom. The van der Waals surface area contributed by atoms with Gasteiger partial charge in [0.1, 0.15) is 0 Å². The van der Waals surface area contributed by atoms with E-state index in [1.165, 1.54) is 21.9 Å². The zero-order chi connectivity index (χ0) is 15.9. The molecule has 0 aliphatic rings. The third kappa shape index (κ3) is 2.43. The Labute approximate surface area is 131 Å². The number of Topliss-reactive ketones (excluding diaryl/α,β-unsaturated/α-hetero) is 1. The van der Waals surface area contributed by atoms with Crippen molar-refractivity contribution in [3.63, 3.8) is 0 Å². The summed E-state index contributed by atoms with van der Waals surface area (Å²) in [7, 11) is 0. The van der Waals surface area contributed by atoms with Crippen molar-refractivity contribution >= 4 is 16.6 Å². The quantitative estimate of drug-likeness (QED) is 0.558. The number of rotatable bonds is 2. The molecule has 3 aromatic rings. The van der Waals surface area contributed by atoms with Crippen LogP contribution in [-0.2, 0) is 0 Å². The molecule has 22 heavy (non-hydrogen) atoms. The van der Waals surface area contributed by atoms with E-state index >= 15 is 0 Å². The van der Waals surface area contributed by atoms with Gasteiger partial charge in [-0.1, -0.05) is 53.6 Å². The van der Waals surface area contributed by atoms with Crippen LogP contribution in [0.5, 0.6) is 0 Å². The lowest BCUT2D eigenvalue weighted by molar-refractivity contribution is 0.101. The maximum Gasteiger partial charge on any atom is 0.160 e. The van der Waals surface area contributed by atoms with Crippen molar-refractivity contribution in [2.45, 2.75) is 27.7 Å². The van der Waals surface area contributed by atoms with Crippen LogP contribution in [-0.4, -0.2) is 5.78 Å². The molecule has 0 aliphatic heterocycles. The van der Waals surface area contributed by atoms with E-state index in [1.807, 2.05) is 13.0 Å². The number of carbonyl (C=O) groups is 1. The molecule has 3 aromatic carbocycles. The van der Waals surface area contributed by atoms with Gasteiger partial charge < -0.3 is 0 Å². The van der Waals surface area contributed by atoms with Gasteiger partial charge in [-0.05, 0) is 61.2 Å². The normalized spacial score (nSPS) is 10.9.